The topological polar surface area (TPSA) is 114 Å². The number of rotatable bonds is 5. The number of piperidine rings is 1. The first-order valence-corrected chi connectivity index (χ1v) is 9.79. The van der Waals surface area contributed by atoms with E-state index >= 15 is 0 Å². The molecule has 9 nitrogen and oxygen atoms in total. The summed E-state index contributed by atoms with van der Waals surface area (Å²) in [6.45, 7) is 2.99. The molecule has 4 rings (SSSR count). The summed E-state index contributed by atoms with van der Waals surface area (Å²) >= 11 is 0. The van der Waals surface area contributed by atoms with E-state index in [4.69, 9.17) is 10.5 Å². The van der Waals surface area contributed by atoms with Crippen LogP contribution in [-0.2, 0) is 9.53 Å². The number of hydrogen-bond donors (Lipinski definition) is 2. The van der Waals surface area contributed by atoms with E-state index in [0.717, 1.165) is 43.1 Å². The fraction of sp³-hybridized carbons (Fsp3) is 0.400. The molecule has 0 bridgehead atoms. The molecule has 152 valence electrons. The van der Waals surface area contributed by atoms with E-state index in [2.05, 4.69) is 20.2 Å². The summed E-state index contributed by atoms with van der Waals surface area (Å²) in [6, 6.07) is 7.35. The van der Waals surface area contributed by atoms with Crippen molar-refractivity contribution in [2.45, 2.75) is 19.3 Å². The molecule has 1 aromatic heterocycles. The van der Waals surface area contributed by atoms with E-state index < -0.39 is 5.91 Å². The van der Waals surface area contributed by atoms with Gasteiger partial charge in [-0.1, -0.05) is 0 Å². The van der Waals surface area contributed by atoms with Crippen molar-refractivity contribution in [2.75, 3.05) is 48.0 Å². The minimum atomic E-state index is -0.638. The third kappa shape index (κ3) is 4.29. The number of primary amides is 1. The molecule has 0 unspecified atom stereocenters. The van der Waals surface area contributed by atoms with Crippen LogP contribution in [0.3, 0.4) is 0 Å². The Balaban J connectivity index is 1.55. The number of morpholine rings is 1. The molecule has 2 aliphatic rings. The maximum absolute atomic E-state index is 12.0. The van der Waals surface area contributed by atoms with E-state index in [1.807, 2.05) is 24.3 Å². The Hall–Kier alpha value is -3.20. The van der Waals surface area contributed by atoms with E-state index in [-0.39, 0.29) is 18.2 Å². The van der Waals surface area contributed by atoms with Gasteiger partial charge in [-0.15, -0.1) is 0 Å². The average Bonchev–Trinajstić information content (AvgIpc) is 2.75. The van der Waals surface area contributed by atoms with Crippen LogP contribution >= 0.6 is 0 Å². The zero-order valence-corrected chi connectivity index (χ0v) is 16.1. The van der Waals surface area contributed by atoms with Crippen LogP contribution in [0.15, 0.2) is 30.5 Å². The molecule has 0 spiro atoms. The van der Waals surface area contributed by atoms with Crippen LogP contribution in [0.2, 0.25) is 0 Å². The molecule has 9 heteroatoms. The standard InChI is InChI=1S/C20H24N6O3/c21-19(28)18-20(24-16(12-22-18)25-8-2-1-3-9-25)23-14-4-6-15(7-5-14)26-10-11-29-13-17(26)27/h4-7,12H,1-3,8-11,13H2,(H2,21,28)(H,23,24). The van der Waals surface area contributed by atoms with E-state index in [1.165, 1.54) is 6.42 Å². The lowest BCUT2D eigenvalue weighted by molar-refractivity contribution is -0.125. The number of hydrogen-bond acceptors (Lipinski definition) is 7. The number of carbonyl (C=O) groups is 2. The average molecular weight is 396 g/mol. The predicted molar refractivity (Wildman–Crippen MR) is 110 cm³/mol. The Labute approximate surface area is 168 Å². The first-order chi connectivity index (χ1) is 14.1. The highest BCUT2D eigenvalue weighted by Gasteiger charge is 2.21. The Morgan fingerprint density at radius 1 is 1.10 bits per heavy atom. The highest BCUT2D eigenvalue weighted by atomic mass is 16.5. The summed E-state index contributed by atoms with van der Waals surface area (Å²) in [5, 5.41) is 3.15. The van der Waals surface area contributed by atoms with Crippen LogP contribution in [-0.4, -0.2) is 54.6 Å². The van der Waals surface area contributed by atoms with Crippen molar-refractivity contribution in [2.24, 2.45) is 5.73 Å². The summed E-state index contributed by atoms with van der Waals surface area (Å²) in [5.41, 5.74) is 7.10. The molecule has 2 aliphatic heterocycles. The van der Waals surface area contributed by atoms with Gasteiger partial charge < -0.3 is 25.6 Å². The number of nitrogens with one attached hydrogen (secondary N) is 1. The summed E-state index contributed by atoms with van der Waals surface area (Å²) in [5.74, 6) is 0.359. The van der Waals surface area contributed by atoms with Crippen LogP contribution < -0.4 is 20.9 Å². The second-order valence-corrected chi connectivity index (χ2v) is 7.11. The van der Waals surface area contributed by atoms with Gasteiger partial charge in [0.2, 0.25) is 0 Å². The maximum atomic E-state index is 12.0. The fourth-order valence-electron chi connectivity index (χ4n) is 3.58. The van der Waals surface area contributed by atoms with Crippen LogP contribution in [0.4, 0.5) is 23.0 Å². The number of ether oxygens (including phenoxy) is 1. The van der Waals surface area contributed by atoms with E-state index in [0.29, 0.717) is 19.0 Å². The van der Waals surface area contributed by atoms with Gasteiger partial charge in [0.15, 0.2) is 11.5 Å². The van der Waals surface area contributed by atoms with Crippen molar-refractivity contribution in [1.82, 2.24) is 9.97 Å². The first kappa shape index (κ1) is 19.1. The van der Waals surface area contributed by atoms with Crippen molar-refractivity contribution in [3.8, 4) is 0 Å². The first-order valence-electron chi connectivity index (χ1n) is 9.79. The predicted octanol–water partition coefficient (Wildman–Crippen LogP) is 1.67. The molecule has 3 heterocycles. The zero-order chi connectivity index (χ0) is 20.2. The molecule has 2 amide bonds. The van der Waals surface area contributed by atoms with Gasteiger partial charge in [-0.3, -0.25) is 9.59 Å². The smallest absolute Gasteiger partial charge is 0.271 e. The Morgan fingerprint density at radius 2 is 1.86 bits per heavy atom. The Kier molecular flexibility index (Phi) is 5.57. The summed E-state index contributed by atoms with van der Waals surface area (Å²) in [6.07, 6.45) is 5.05. The highest BCUT2D eigenvalue weighted by molar-refractivity contribution is 5.97. The second kappa shape index (κ2) is 8.44. The molecule has 2 saturated heterocycles. The van der Waals surface area contributed by atoms with Crippen LogP contribution in [0, 0.1) is 0 Å². The van der Waals surface area contributed by atoms with Gasteiger partial charge in [-0.05, 0) is 43.5 Å². The van der Waals surface area contributed by atoms with Crippen molar-refractivity contribution < 1.29 is 14.3 Å². The lowest BCUT2D eigenvalue weighted by Gasteiger charge is -2.28. The van der Waals surface area contributed by atoms with Crippen molar-refractivity contribution >= 4 is 34.8 Å². The van der Waals surface area contributed by atoms with E-state index in [1.54, 1.807) is 11.1 Å². The number of anilines is 4. The lowest BCUT2D eigenvalue weighted by Crippen LogP contribution is -2.41. The Bertz CT molecular complexity index is 896. The minimum Gasteiger partial charge on any atom is -0.370 e. The molecule has 1 aromatic carbocycles. The molecule has 0 saturated carbocycles. The van der Waals surface area contributed by atoms with Gasteiger partial charge in [0, 0.05) is 31.0 Å². The molecular weight excluding hydrogens is 372 g/mol. The summed E-state index contributed by atoms with van der Waals surface area (Å²) in [7, 11) is 0. The summed E-state index contributed by atoms with van der Waals surface area (Å²) < 4.78 is 5.17. The third-order valence-corrected chi connectivity index (χ3v) is 5.10. The normalized spacial score (nSPS) is 17.3. The third-order valence-electron chi connectivity index (χ3n) is 5.10. The van der Waals surface area contributed by atoms with Gasteiger partial charge >= 0.3 is 0 Å². The Morgan fingerprint density at radius 3 is 2.55 bits per heavy atom. The number of nitrogens with two attached hydrogens (primary N) is 1. The molecule has 2 fully saturated rings. The van der Waals surface area contributed by atoms with Crippen LogP contribution in [0.25, 0.3) is 0 Å². The van der Waals surface area contributed by atoms with Gasteiger partial charge in [0.1, 0.15) is 12.4 Å². The molecule has 0 radical (unpaired) electrons. The molecule has 3 N–H and O–H groups in total. The molecular formula is C20H24N6O3. The molecule has 0 aliphatic carbocycles. The van der Waals surface area contributed by atoms with E-state index in [9.17, 15) is 9.59 Å². The SMILES string of the molecule is NC(=O)c1ncc(N2CCCCC2)nc1Nc1ccc(N2CCOCC2=O)cc1. The maximum Gasteiger partial charge on any atom is 0.271 e. The van der Waals surface area contributed by atoms with Crippen molar-refractivity contribution in [3.05, 3.63) is 36.2 Å². The minimum absolute atomic E-state index is 0.0620. The van der Waals surface area contributed by atoms with Gasteiger partial charge in [0.25, 0.3) is 11.8 Å². The quantitative estimate of drug-likeness (QED) is 0.790. The molecule has 29 heavy (non-hydrogen) atoms. The number of amides is 2. The number of aromatic nitrogens is 2. The lowest BCUT2D eigenvalue weighted by atomic mass is 10.1. The highest BCUT2D eigenvalue weighted by Crippen LogP contribution is 2.25. The second-order valence-electron chi connectivity index (χ2n) is 7.11. The monoisotopic (exact) mass is 396 g/mol. The zero-order valence-electron chi connectivity index (χ0n) is 16.1. The number of nitrogens with zero attached hydrogens (tertiary/aromatic N) is 4. The van der Waals surface area contributed by atoms with Crippen molar-refractivity contribution in [1.29, 1.82) is 0 Å². The van der Waals surface area contributed by atoms with Crippen LogP contribution in [0.1, 0.15) is 29.8 Å². The molecule has 0 atom stereocenters. The van der Waals surface area contributed by atoms with Gasteiger partial charge in [0.05, 0.1) is 12.8 Å². The fourth-order valence-corrected chi connectivity index (χ4v) is 3.58. The van der Waals surface area contributed by atoms with Gasteiger partial charge in [-0.2, -0.15) is 0 Å². The van der Waals surface area contributed by atoms with Gasteiger partial charge in [-0.25, -0.2) is 9.97 Å². The molecule has 2 aromatic rings. The summed E-state index contributed by atoms with van der Waals surface area (Å²) in [4.78, 5) is 36.5. The largest absolute Gasteiger partial charge is 0.370 e. The number of carbonyl (C=O) groups excluding carboxylic acids is 2. The van der Waals surface area contributed by atoms with Crippen molar-refractivity contribution in [3.63, 3.8) is 0 Å². The number of benzene rings is 1. The van der Waals surface area contributed by atoms with Crippen LogP contribution in [0.5, 0.6) is 0 Å².